The number of benzene rings is 1. The summed E-state index contributed by atoms with van der Waals surface area (Å²) in [5.74, 6) is -0.0860. The number of halogens is 2. The number of rotatable bonds is 6. The smallest absolute Gasteiger partial charge is 0.241 e. The molecule has 0 radical (unpaired) electrons. The molecule has 1 fully saturated rings. The second-order valence-electron chi connectivity index (χ2n) is 5.79. The summed E-state index contributed by atoms with van der Waals surface area (Å²) >= 11 is 0. The summed E-state index contributed by atoms with van der Waals surface area (Å²) in [7, 11) is 0. The van der Waals surface area contributed by atoms with Gasteiger partial charge in [-0.1, -0.05) is 43.2 Å². The Hall–Kier alpha value is -0.810. The molecule has 1 aliphatic heterocycles. The van der Waals surface area contributed by atoms with Gasteiger partial charge in [0.15, 0.2) is 0 Å². The van der Waals surface area contributed by atoms with E-state index in [-0.39, 0.29) is 30.7 Å². The van der Waals surface area contributed by atoms with Crippen molar-refractivity contribution in [1.29, 1.82) is 0 Å². The van der Waals surface area contributed by atoms with Crippen molar-refractivity contribution < 1.29 is 4.79 Å². The van der Waals surface area contributed by atoms with Gasteiger partial charge in [0, 0.05) is 6.54 Å². The molecule has 1 unspecified atom stereocenters. The molecule has 1 saturated heterocycles. The summed E-state index contributed by atoms with van der Waals surface area (Å²) in [5.41, 5.74) is 6.83. The topological polar surface area (TPSA) is 58.4 Å². The third-order valence-electron chi connectivity index (χ3n) is 4.09. The highest BCUT2D eigenvalue weighted by molar-refractivity contribution is 5.85. The van der Waals surface area contributed by atoms with Crippen molar-refractivity contribution in [3.8, 4) is 0 Å². The van der Waals surface area contributed by atoms with E-state index in [2.05, 4.69) is 10.2 Å². The summed E-state index contributed by atoms with van der Waals surface area (Å²) in [6.07, 6.45) is 6.34. The highest BCUT2D eigenvalue weighted by Crippen LogP contribution is 2.10. The van der Waals surface area contributed by atoms with Gasteiger partial charge >= 0.3 is 0 Å². The van der Waals surface area contributed by atoms with Crippen LogP contribution in [0, 0.1) is 0 Å². The molecule has 2 rings (SSSR count). The Morgan fingerprint density at radius 3 is 2.30 bits per heavy atom. The first-order valence-electron chi connectivity index (χ1n) is 8.08. The second kappa shape index (κ2) is 12.6. The molecule has 0 aromatic heterocycles. The third kappa shape index (κ3) is 8.02. The van der Waals surface area contributed by atoms with Gasteiger partial charge in [0.1, 0.15) is 6.04 Å². The fourth-order valence-corrected chi connectivity index (χ4v) is 2.80. The van der Waals surface area contributed by atoms with Crippen molar-refractivity contribution >= 4 is 30.7 Å². The molecular weight excluding hydrogens is 333 g/mol. The lowest BCUT2D eigenvalue weighted by molar-refractivity contribution is -0.122. The van der Waals surface area contributed by atoms with E-state index in [0.29, 0.717) is 6.54 Å². The predicted molar refractivity (Wildman–Crippen MR) is 100 cm³/mol. The van der Waals surface area contributed by atoms with Gasteiger partial charge in [0.05, 0.1) is 0 Å². The molecule has 1 heterocycles. The van der Waals surface area contributed by atoms with Crippen LogP contribution in [0.2, 0.25) is 0 Å². The number of carbonyl (C=O) groups excluding carboxylic acids is 1. The fraction of sp³-hybridized carbons (Fsp3) is 0.588. The molecule has 0 bridgehead atoms. The number of nitrogens with two attached hydrogens (primary N) is 1. The van der Waals surface area contributed by atoms with Crippen molar-refractivity contribution in [1.82, 2.24) is 10.2 Å². The minimum Gasteiger partial charge on any atom is -0.354 e. The summed E-state index contributed by atoms with van der Waals surface area (Å²) in [6, 6.07) is 8.95. The first-order chi connectivity index (χ1) is 10.3. The molecule has 4 nitrogen and oxygen atoms in total. The van der Waals surface area contributed by atoms with E-state index < -0.39 is 6.04 Å². The van der Waals surface area contributed by atoms with Crippen LogP contribution in [0.1, 0.15) is 43.7 Å². The molecule has 1 aromatic carbocycles. The molecule has 132 valence electrons. The lowest BCUT2D eigenvalue weighted by Crippen LogP contribution is -2.36. The van der Waals surface area contributed by atoms with Gasteiger partial charge in [-0.3, -0.25) is 4.79 Å². The van der Waals surface area contributed by atoms with Crippen LogP contribution < -0.4 is 11.1 Å². The quantitative estimate of drug-likeness (QED) is 0.765. The van der Waals surface area contributed by atoms with Crippen LogP contribution in [0.5, 0.6) is 0 Å². The number of nitrogens with one attached hydrogen (secondary N) is 1. The van der Waals surface area contributed by atoms with Crippen molar-refractivity contribution in [2.75, 3.05) is 26.2 Å². The van der Waals surface area contributed by atoms with E-state index in [9.17, 15) is 4.79 Å². The van der Waals surface area contributed by atoms with Crippen LogP contribution in [0.3, 0.4) is 0 Å². The molecular formula is C17H29Cl2N3O. The van der Waals surface area contributed by atoms with Crippen LogP contribution in [0.4, 0.5) is 0 Å². The minimum atomic E-state index is -0.565. The number of hydrogen-bond acceptors (Lipinski definition) is 3. The van der Waals surface area contributed by atoms with Crippen LogP contribution in [-0.2, 0) is 4.79 Å². The Bertz CT molecular complexity index is 423. The van der Waals surface area contributed by atoms with Gasteiger partial charge in [-0.05, 0) is 44.5 Å². The number of hydrogen-bond donors (Lipinski definition) is 2. The fourth-order valence-electron chi connectivity index (χ4n) is 2.80. The highest BCUT2D eigenvalue weighted by Gasteiger charge is 2.14. The van der Waals surface area contributed by atoms with Gasteiger partial charge in [-0.2, -0.15) is 0 Å². The van der Waals surface area contributed by atoms with Gasteiger partial charge in [-0.15, -0.1) is 24.8 Å². The average Bonchev–Trinajstić information content (AvgIpc) is 2.80. The second-order valence-corrected chi connectivity index (χ2v) is 5.79. The summed E-state index contributed by atoms with van der Waals surface area (Å²) in [6.45, 7) is 4.19. The normalized spacial score (nSPS) is 16.4. The predicted octanol–water partition coefficient (Wildman–Crippen LogP) is 2.91. The van der Waals surface area contributed by atoms with Gasteiger partial charge in [-0.25, -0.2) is 0 Å². The van der Waals surface area contributed by atoms with E-state index in [0.717, 1.165) is 18.5 Å². The number of likely N-dealkylation sites (tertiary alicyclic amines) is 1. The molecule has 0 aliphatic carbocycles. The van der Waals surface area contributed by atoms with E-state index in [1.807, 2.05) is 30.3 Å². The lowest BCUT2D eigenvalue weighted by Gasteiger charge is -2.20. The van der Waals surface area contributed by atoms with E-state index in [1.165, 1.54) is 38.8 Å². The van der Waals surface area contributed by atoms with E-state index in [4.69, 9.17) is 5.73 Å². The summed E-state index contributed by atoms with van der Waals surface area (Å²) in [5, 5.41) is 2.95. The van der Waals surface area contributed by atoms with Crippen molar-refractivity contribution in [3.63, 3.8) is 0 Å². The Labute approximate surface area is 152 Å². The maximum atomic E-state index is 12.0. The first-order valence-corrected chi connectivity index (χ1v) is 8.08. The minimum absolute atomic E-state index is 0. The van der Waals surface area contributed by atoms with Crippen LogP contribution in [-0.4, -0.2) is 37.0 Å². The lowest BCUT2D eigenvalue weighted by atomic mass is 10.1. The standard InChI is InChI=1S/C17H27N3O.2ClH/c18-16(15-9-4-3-5-10-15)17(21)19-11-8-14-20-12-6-1-2-7-13-20;;/h3-5,9-10,16H,1-2,6-8,11-14,18H2,(H,19,21);2*1H. The molecule has 23 heavy (non-hydrogen) atoms. The van der Waals surface area contributed by atoms with Gasteiger partial charge < -0.3 is 16.0 Å². The van der Waals surface area contributed by atoms with Crippen molar-refractivity contribution in [2.45, 2.75) is 38.1 Å². The Kier molecular flexibility index (Phi) is 12.1. The van der Waals surface area contributed by atoms with E-state index >= 15 is 0 Å². The largest absolute Gasteiger partial charge is 0.354 e. The van der Waals surface area contributed by atoms with Gasteiger partial charge in [0.25, 0.3) is 0 Å². The number of nitrogens with zero attached hydrogens (tertiary/aromatic N) is 1. The van der Waals surface area contributed by atoms with Crippen molar-refractivity contribution in [2.24, 2.45) is 5.73 Å². The molecule has 1 amide bonds. The number of amides is 1. The Morgan fingerprint density at radius 2 is 1.70 bits per heavy atom. The molecule has 0 saturated carbocycles. The van der Waals surface area contributed by atoms with Crippen LogP contribution in [0.25, 0.3) is 0 Å². The maximum Gasteiger partial charge on any atom is 0.241 e. The SMILES string of the molecule is Cl.Cl.NC(C(=O)NCCCN1CCCCCC1)c1ccccc1. The Morgan fingerprint density at radius 1 is 1.09 bits per heavy atom. The molecule has 1 aromatic rings. The van der Waals surface area contributed by atoms with Crippen molar-refractivity contribution in [3.05, 3.63) is 35.9 Å². The highest BCUT2D eigenvalue weighted by atomic mass is 35.5. The Balaban J connectivity index is 0.00000242. The zero-order valence-electron chi connectivity index (χ0n) is 13.6. The summed E-state index contributed by atoms with van der Waals surface area (Å²) in [4.78, 5) is 14.5. The monoisotopic (exact) mass is 361 g/mol. The molecule has 1 atom stereocenters. The van der Waals surface area contributed by atoms with E-state index in [1.54, 1.807) is 0 Å². The molecule has 0 spiro atoms. The maximum absolute atomic E-state index is 12.0. The number of carbonyl (C=O) groups is 1. The zero-order chi connectivity index (χ0) is 14.9. The average molecular weight is 362 g/mol. The summed E-state index contributed by atoms with van der Waals surface area (Å²) < 4.78 is 0. The third-order valence-corrected chi connectivity index (χ3v) is 4.09. The van der Waals surface area contributed by atoms with Crippen LogP contribution in [0.15, 0.2) is 30.3 Å². The first kappa shape index (κ1) is 22.2. The molecule has 3 N–H and O–H groups in total. The van der Waals surface area contributed by atoms with Gasteiger partial charge in [0.2, 0.25) is 5.91 Å². The van der Waals surface area contributed by atoms with Crippen LogP contribution >= 0.6 is 24.8 Å². The zero-order valence-corrected chi connectivity index (χ0v) is 15.2. The molecule has 1 aliphatic rings. The molecule has 6 heteroatoms.